The molecule has 6 nitrogen and oxygen atoms in total. The molecule has 1 fully saturated rings. The summed E-state index contributed by atoms with van der Waals surface area (Å²) in [6.45, 7) is 2.76. The van der Waals surface area contributed by atoms with Gasteiger partial charge in [0.1, 0.15) is 5.82 Å². The van der Waals surface area contributed by atoms with Gasteiger partial charge >= 0.3 is 6.03 Å². The Balaban J connectivity index is 1.46. The van der Waals surface area contributed by atoms with E-state index < -0.39 is 0 Å². The van der Waals surface area contributed by atoms with Gasteiger partial charge in [0.25, 0.3) is 5.91 Å². The summed E-state index contributed by atoms with van der Waals surface area (Å²) in [5.74, 6) is -0.810. The number of rotatable bonds is 6. The number of carbonyl (C=O) groups excluding carboxylic acids is 3. The molecule has 168 valence electrons. The van der Waals surface area contributed by atoms with Gasteiger partial charge in [-0.3, -0.25) is 14.5 Å². The van der Waals surface area contributed by atoms with Gasteiger partial charge in [-0.25, -0.2) is 9.18 Å². The number of amides is 3. The largest absolute Gasteiger partial charge is 0.324 e. The number of hydrogen-bond acceptors (Lipinski definition) is 3. The molecule has 0 saturated carbocycles. The number of para-hydroxylation sites is 1. The van der Waals surface area contributed by atoms with E-state index in [2.05, 4.69) is 5.32 Å². The molecule has 3 amide bonds. The van der Waals surface area contributed by atoms with Gasteiger partial charge in [0.15, 0.2) is 5.78 Å². The van der Waals surface area contributed by atoms with Crippen LogP contribution in [0.25, 0.3) is 0 Å². The summed E-state index contributed by atoms with van der Waals surface area (Å²) in [7, 11) is 0. The van der Waals surface area contributed by atoms with Crippen molar-refractivity contribution in [1.82, 2.24) is 4.90 Å². The Morgan fingerprint density at radius 3 is 2.36 bits per heavy atom. The van der Waals surface area contributed by atoms with E-state index in [1.165, 1.54) is 13.0 Å². The highest BCUT2D eigenvalue weighted by molar-refractivity contribution is 6.09. The lowest BCUT2D eigenvalue weighted by Crippen LogP contribution is -2.49. The van der Waals surface area contributed by atoms with Crippen LogP contribution in [0.15, 0.2) is 72.8 Å². The van der Waals surface area contributed by atoms with Crippen molar-refractivity contribution >= 4 is 29.1 Å². The predicted octanol–water partition coefficient (Wildman–Crippen LogP) is 5.11. The highest BCUT2D eigenvalue weighted by Crippen LogP contribution is 2.23. The number of carbonyl (C=O) groups is 3. The molecule has 0 aliphatic carbocycles. The summed E-state index contributed by atoms with van der Waals surface area (Å²) < 4.78 is 14.0. The number of nitrogens with one attached hydrogen (secondary N) is 1. The number of ketones is 1. The molecule has 1 heterocycles. The van der Waals surface area contributed by atoms with E-state index in [1.54, 1.807) is 76.5 Å². The van der Waals surface area contributed by atoms with E-state index in [-0.39, 0.29) is 30.1 Å². The molecular formula is C26H24FN3O3. The summed E-state index contributed by atoms with van der Waals surface area (Å²) >= 11 is 0. The van der Waals surface area contributed by atoms with Crippen LogP contribution in [0.4, 0.5) is 20.6 Å². The molecule has 0 aromatic heterocycles. The summed E-state index contributed by atoms with van der Waals surface area (Å²) in [6.07, 6.45) is 0.754. The molecule has 4 rings (SSSR count). The van der Waals surface area contributed by atoms with Crippen LogP contribution in [0.3, 0.4) is 0 Å². The first-order valence-electron chi connectivity index (χ1n) is 10.8. The number of nitrogens with zero attached hydrogens (tertiary/aromatic N) is 2. The van der Waals surface area contributed by atoms with Crippen molar-refractivity contribution in [3.8, 4) is 0 Å². The minimum Gasteiger partial charge on any atom is -0.321 e. The third-order valence-electron chi connectivity index (χ3n) is 5.63. The molecule has 1 saturated heterocycles. The van der Waals surface area contributed by atoms with Gasteiger partial charge < -0.3 is 10.2 Å². The minimum absolute atomic E-state index is 0.134. The highest BCUT2D eigenvalue weighted by atomic mass is 19.1. The van der Waals surface area contributed by atoms with Crippen molar-refractivity contribution in [1.29, 1.82) is 0 Å². The van der Waals surface area contributed by atoms with E-state index >= 15 is 0 Å². The maximum atomic E-state index is 14.0. The van der Waals surface area contributed by atoms with E-state index in [4.69, 9.17) is 0 Å². The van der Waals surface area contributed by atoms with Crippen LogP contribution < -0.4 is 10.2 Å². The first-order valence-corrected chi connectivity index (χ1v) is 10.8. The van der Waals surface area contributed by atoms with Crippen LogP contribution in [0, 0.1) is 5.82 Å². The van der Waals surface area contributed by atoms with Gasteiger partial charge in [0.2, 0.25) is 0 Å². The fourth-order valence-electron chi connectivity index (χ4n) is 3.89. The molecule has 0 bridgehead atoms. The molecule has 1 aliphatic heterocycles. The third kappa shape index (κ3) is 4.92. The predicted molar refractivity (Wildman–Crippen MR) is 125 cm³/mol. The number of benzene rings is 3. The fourth-order valence-corrected chi connectivity index (χ4v) is 3.89. The van der Waals surface area contributed by atoms with Crippen LogP contribution in [0.5, 0.6) is 0 Å². The second-order valence-corrected chi connectivity index (χ2v) is 7.90. The van der Waals surface area contributed by atoms with E-state index in [0.717, 1.165) is 6.42 Å². The number of Topliss-reactive ketones (excluding diaryl/α,β-unsaturated/α-hetero) is 1. The van der Waals surface area contributed by atoms with Gasteiger partial charge in [-0.2, -0.15) is 0 Å². The molecule has 33 heavy (non-hydrogen) atoms. The smallest absolute Gasteiger partial charge is 0.321 e. The molecule has 0 radical (unpaired) electrons. The van der Waals surface area contributed by atoms with Crippen molar-refractivity contribution in [2.45, 2.75) is 19.9 Å². The molecule has 7 heteroatoms. The lowest BCUT2D eigenvalue weighted by molar-refractivity contribution is 0.101. The maximum Gasteiger partial charge on any atom is 0.324 e. The second-order valence-electron chi connectivity index (χ2n) is 7.90. The van der Waals surface area contributed by atoms with E-state index in [0.29, 0.717) is 41.2 Å². The topological polar surface area (TPSA) is 69.7 Å². The second kappa shape index (κ2) is 9.65. The zero-order chi connectivity index (χ0) is 23.4. The molecular weight excluding hydrogens is 421 g/mol. The van der Waals surface area contributed by atoms with Crippen molar-refractivity contribution < 1.29 is 18.8 Å². The van der Waals surface area contributed by atoms with Gasteiger partial charge in [-0.15, -0.1) is 0 Å². The Morgan fingerprint density at radius 2 is 1.64 bits per heavy atom. The Kier molecular flexibility index (Phi) is 6.49. The number of hydrogen-bond donors (Lipinski definition) is 1. The maximum absolute atomic E-state index is 14.0. The summed E-state index contributed by atoms with van der Waals surface area (Å²) in [5.41, 5.74) is 2.44. The molecule has 1 N–H and O–H groups in total. The average molecular weight is 445 g/mol. The molecule has 0 unspecified atom stereocenters. The number of anilines is 2. The van der Waals surface area contributed by atoms with Gasteiger partial charge in [0, 0.05) is 35.5 Å². The Bertz CT molecular complexity index is 1190. The van der Waals surface area contributed by atoms with Crippen LogP contribution in [-0.2, 0) is 6.54 Å². The van der Waals surface area contributed by atoms with Crippen molar-refractivity contribution in [2.24, 2.45) is 0 Å². The Morgan fingerprint density at radius 1 is 0.939 bits per heavy atom. The number of urea groups is 1. The molecule has 3 aromatic rings. The lowest BCUT2D eigenvalue weighted by atomic mass is 10.1. The minimum atomic E-state index is -0.346. The fraction of sp³-hybridized carbons (Fsp3) is 0.192. The van der Waals surface area contributed by atoms with Crippen LogP contribution in [0.2, 0.25) is 0 Å². The zero-order valence-corrected chi connectivity index (χ0v) is 18.3. The third-order valence-corrected chi connectivity index (χ3v) is 5.63. The Hall–Kier alpha value is -4.00. The summed E-state index contributed by atoms with van der Waals surface area (Å²) in [4.78, 5) is 40.7. The van der Waals surface area contributed by atoms with E-state index in [9.17, 15) is 18.8 Å². The monoisotopic (exact) mass is 445 g/mol. The van der Waals surface area contributed by atoms with Crippen LogP contribution >= 0.6 is 0 Å². The molecule has 1 aliphatic rings. The zero-order valence-electron chi connectivity index (χ0n) is 18.3. The van der Waals surface area contributed by atoms with Crippen molar-refractivity contribution in [3.63, 3.8) is 0 Å². The van der Waals surface area contributed by atoms with Crippen LogP contribution in [-0.4, -0.2) is 35.7 Å². The van der Waals surface area contributed by atoms with Gasteiger partial charge in [-0.05, 0) is 55.8 Å². The standard InChI is InChI=1S/C26H24FN3O3/c1-18(31)22-8-3-5-10-24(22)28-25(32)19-11-13-21(14-12-19)30-16-6-15-29(26(30)33)17-20-7-2-4-9-23(20)27/h2-5,7-14H,6,15-17H2,1H3,(H,28,32). The highest BCUT2D eigenvalue weighted by Gasteiger charge is 2.27. The normalized spacial score (nSPS) is 13.7. The van der Waals surface area contributed by atoms with Crippen molar-refractivity contribution in [2.75, 3.05) is 23.3 Å². The lowest BCUT2D eigenvalue weighted by Gasteiger charge is -2.35. The number of halogens is 1. The molecule has 0 atom stereocenters. The SMILES string of the molecule is CC(=O)c1ccccc1NC(=O)c1ccc(N2CCCN(Cc3ccccc3F)C2=O)cc1. The first kappa shape index (κ1) is 22.2. The molecule has 0 spiro atoms. The van der Waals surface area contributed by atoms with Crippen LogP contribution in [0.1, 0.15) is 39.6 Å². The average Bonchev–Trinajstić information content (AvgIpc) is 2.82. The summed E-state index contributed by atoms with van der Waals surface area (Å²) in [5, 5.41) is 2.77. The van der Waals surface area contributed by atoms with E-state index in [1.807, 2.05) is 0 Å². The quantitative estimate of drug-likeness (QED) is 0.536. The van der Waals surface area contributed by atoms with Gasteiger partial charge in [0.05, 0.1) is 12.2 Å². The van der Waals surface area contributed by atoms with Crippen molar-refractivity contribution in [3.05, 3.63) is 95.3 Å². The Labute approximate surface area is 191 Å². The first-order chi connectivity index (χ1) is 15.9. The van der Waals surface area contributed by atoms with Gasteiger partial charge in [-0.1, -0.05) is 30.3 Å². The molecule has 3 aromatic carbocycles. The summed E-state index contributed by atoms with van der Waals surface area (Å²) in [6, 6.07) is 19.8.